The number of esters is 1. The van der Waals surface area contributed by atoms with E-state index in [-0.39, 0.29) is 11.6 Å². The standard InChI is InChI=1S/C18H20N2O4S/c1-9-14(11(3)21)10(2)20-15(9)16(22)12(4)24-18(23)13-7-6-8-19-17(13)25-5/h6-8,12,20H,1-5H3/t12-/m1/s1. The molecule has 0 unspecified atom stereocenters. The number of carbonyl (C=O) groups excluding carboxylic acids is 3. The Kier molecular flexibility index (Phi) is 5.79. The average Bonchev–Trinajstić information content (AvgIpc) is 2.88. The van der Waals surface area contributed by atoms with Crippen molar-refractivity contribution in [1.82, 2.24) is 9.97 Å². The van der Waals surface area contributed by atoms with E-state index in [1.165, 1.54) is 25.6 Å². The summed E-state index contributed by atoms with van der Waals surface area (Å²) in [5.74, 6) is -1.10. The molecule has 0 saturated carbocycles. The molecule has 0 saturated heterocycles. The van der Waals surface area contributed by atoms with Crippen LogP contribution in [0.25, 0.3) is 0 Å². The van der Waals surface area contributed by atoms with Crippen molar-refractivity contribution in [3.63, 3.8) is 0 Å². The van der Waals surface area contributed by atoms with E-state index in [4.69, 9.17) is 4.74 Å². The summed E-state index contributed by atoms with van der Waals surface area (Å²) in [7, 11) is 0. The van der Waals surface area contributed by atoms with Gasteiger partial charge < -0.3 is 9.72 Å². The lowest BCUT2D eigenvalue weighted by molar-refractivity contribution is 0.0312. The van der Waals surface area contributed by atoms with E-state index in [2.05, 4.69) is 9.97 Å². The minimum Gasteiger partial charge on any atom is -0.451 e. The van der Waals surface area contributed by atoms with E-state index in [0.717, 1.165) is 0 Å². The van der Waals surface area contributed by atoms with Gasteiger partial charge >= 0.3 is 5.97 Å². The number of nitrogens with zero attached hydrogens (tertiary/aromatic N) is 1. The first-order valence-corrected chi connectivity index (χ1v) is 8.94. The molecule has 0 aliphatic carbocycles. The van der Waals surface area contributed by atoms with Gasteiger partial charge in [0.2, 0.25) is 5.78 Å². The first-order chi connectivity index (χ1) is 11.8. The van der Waals surface area contributed by atoms with Gasteiger partial charge in [-0.3, -0.25) is 9.59 Å². The normalized spacial score (nSPS) is 11.9. The van der Waals surface area contributed by atoms with Crippen molar-refractivity contribution < 1.29 is 19.1 Å². The molecule has 6 nitrogen and oxygen atoms in total. The highest BCUT2D eigenvalue weighted by Gasteiger charge is 2.27. The third kappa shape index (κ3) is 3.82. The van der Waals surface area contributed by atoms with Crippen molar-refractivity contribution in [3.8, 4) is 0 Å². The van der Waals surface area contributed by atoms with Crippen LogP contribution in [0, 0.1) is 13.8 Å². The maximum absolute atomic E-state index is 12.6. The molecule has 132 valence electrons. The van der Waals surface area contributed by atoms with Gasteiger partial charge in [-0.05, 0) is 51.6 Å². The van der Waals surface area contributed by atoms with Crippen LogP contribution in [0.4, 0.5) is 0 Å². The number of nitrogens with one attached hydrogen (secondary N) is 1. The van der Waals surface area contributed by atoms with E-state index in [9.17, 15) is 14.4 Å². The monoisotopic (exact) mass is 360 g/mol. The summed E-state index contributed by atoms with van der Waals surface area (Å²) in [5, 5.41) is 0.540. The molecule has 2 aromatic heterocycles. The SMILES string of the molecule is CSc1ncccc1C(=O)O[C@H](C)C(=O)c1[nH]c(C)c(C(C)=O)c1C. The van der Waals surface area contributed by atoms with Crippen molar-refractivity contribution in [1.29, 1.82) is 0 Å². The van der Waals surface area contributed by atoms with E-state index < -0.39 is 12.1 Å². The highest BCUT2D eigenvalue weighted by molar-refractivity contribution is 7.98. The van der Waals surface area contributed by atoms with Crippen molar-refractivity contribution in [2.75, 3.05) is 6.26 Å². The van der Waals surface area contributed by atoms with Crippen LogP contribution in [-0.4, -0.2) is 39.9 Å². The number of ether oxygens (including phenoxy) is 1. The van der Waals surface area contributed by atoms with Gasteiger partial charge in [0.05, 0.1) is 11.3 Å². The Labute approximate surface area is 150 Å². The lowest BCUT2D eigenvalue weighted by atomic mass is 10.0. The second kappa shape index (κ2) is 7.65. The van der Waals surface area contributed by atoms with E-state index in [1.54, 1.807) is 32.2 Å². The summed E-state index contributed by atoms with van der Waals surface area (Å²) >= 11 is 1.33. The fraction of sp³-hybridized carbons (Fsp3) is 0.333. The number of aromatic amines is 1. The zero-order chi connectivity index (χ0) is 18.7. The average molecular weight is 360 g/mol. The van der Waals surface area contributed by atoms with Gasteiger partial charge in [0, 0.05) is 17.5 Å². The van der Waals surface area contributed by atoms with Crippen LogP contribution >= 0.6 is 11.8 Å². The molecular formula is C18H20N2O4S. The van der Waals surface area contributed by atoms with Crippen LogP contribution < -0.4 is 0 Å². The molecule has 0 aliphatic rings. The molecule has 2 heterocycles. The number of hydrogen-bond acceptors (Lipinski definition) is 6. The number of Topliss-reactive ketones (excluding diaryl/α,β-unsaturated/α-hetero) is 2. The molecule has 0 spiro atoms. The van der Waals surface area contributed by atoms with Crippen LogP contribution in [0.15, 0.2) is 23.4 Å². The molecule has 25 heavy (non-hydrogen) atoms. The summed E-state index contributed by atoms with van der Waals surface area (Å²) in [5.41, 5.74) is 2.31. The number of rotatable bonds is 6. The largest absolute Gasteiger partial charge is 0.451 e. The van der Waals surface area contributed by atoms with Crippen LogP contribution in [0.1, 0.15) is 56.3 Å². The van der Waals surface area contributed by atoms with Crippen LogP contribution in [0.5, 0.6) is 0 Å². The number of aromatic nitrogens is 2. The van der Waals surface area contributed by atoms with E-state index in [0.29, 0.717) is 33.1 Å². The first-order valence-electron chi connectivity index (χ1n) is 7.72. The first kappa shape index (κ1) is 18.9. The van der Waals surface area contributed by atoms with Crippen molar-refractivity contribution >= 4 is 29.3 Å². The number of thioether (sulfide) groups is 1. The molecule has 7 heteroatoms. The van der Waals surface area contributed by atoms with Crippen LogP contribution in [0.2, 0.25) is 0 Å². The van der Waals surface area contributed by atoms with Crippen LogP contribution in [-0.2, 0) is 4.74 Å². The van der Waals surface area contributed by atoms with Gasteiger partial charge in [-0.1, -0.05) is 0 Å². The number of hydrogen-bond donors (Lipinski definition) is 1. The van der Waals surface area contributed by atoms with Crippen molar-refractivity contribution in [3.05, 3.63) is 46.4 Å². The fourth-order valence-electron chi connectivity index (χ4n) is 2.71. The lowest BCUT2D eigenvalue weighted by Gasteiger charge is -2.13. The quantitative estimate of drug-likeness (QED) is 0.483. The Morgan fingerprint density at radius 1 is 1.28 bits per heavy atom. The molecular weight excluding hydrogens is 340 g/mol. The van der Waals surface area contributed by atoms with Gasteiger partial charge in [0.25, 0.3) is 0 Å². The number of pyridine rings is 1. The zero-order valence-corrected chi connectivity index (χ0v) is 15.6. The number of carbonyl (C=O) groups is 3. The molecule has 1 N–H and O–H groups in total. The smallest absolute Gasteiger partial charge is 0.341 e. The minimum absolute atomic E-state index is 0.116. The zero-order valence-electron chi connectivity index (χ0n) is 14.8. The summed E-state index contributed by atoms with van der Waals surface area (Å²) in [6.45, 7) is 6.40. The molecule has 2 rings (SSSR count). The van der Waals surface area contributed by atoms with Gasteiger partial charge in [-0.2, -0.15) is 0 Å². The lowest BCUT2D eigenvalue weighted by Crippen LogP contribution is -2.25. The predicted molar refractivity (Wildman–Crippen MR) is 95.5 cm³/mol. The van der Waals surface area contributed by atoms with Gasteiger partial charge in [-0.15, -0.1) is 11.8 Å². The predicted octanol–water partition coefficient (Wildman–Crippen LogP) is 3.38. The molecule has 2 aromatic rings. The highest BCUT2D eigenvalue weighted by Crippen LogP contribution is 2.22. The van der Waals surface area contributed by atoms with Gasteiger partial charge in [0.1, 0.15) is 5.03 Å². The molecule has 1 atom stereocenters. The van der Waals surface area contributed by atoms with Gasteiger partial charge in [0.15, 0.2) is 11.9 Å². The highest BCUT2D eigenvalue weighted by atomic mass is 32.2. The number of ketones is 2. The van der Waals surface area contributed by atoms with Gasteiger partial charge in [-0.25, -0.2) is 9.78 Å². The van der Waals surface area contributed by atoms with Crippen molar-refractivity contribution in [2.45, 2.75) is 38.8 Å². The molecule has 0 fully saturated rings. The molecule has 0 aliphatic heterocycles. The molecule has 0 amide bonds. The summed E-state index contributed by atoms with van der Waals surface area (Å²) < 4.78 is 5.31. The Hall–Kier alpha value is -2.41. The maximum atomic E-state index is 12.6. The Balaban J connectivity index is 2.22. The maximum Gasteiger partial charge on any atom is 0.341 e. The second-order valence-electron chi connectivity index (χ2n) is 5.65. The number of H-pyrrole nitrogens is 1. The Morgan fingerprint density at radius 2 is 1.96 bits per heavy atom. The van der Waals surface area contributed by atoms with Crippen LogP contribution in [0.3, 0.4) is 0 Å². The van der Waals surface area contributed by atoms with E-state index >= 15 is 0 Å². The summed E-state index contributed by atoms with van der Waals surface area (Å²) in [6.07, 6.45) is 2.41. The summed E-state index contributed by atoms with van der Waals surface area (Å²) in [4.78, 5) is 43.7. The molecule has 0 radical (unpaired) electrons. The Bertz CT molecular complexity index is 842. The third-order valence-electron chi connectivity index (χ3n) is 3.87. The fourth-order valence-corrected chi connectivity index (χ4v) is 3.25. The topological polar surface area (TPSA) is 89.1 Å². The molecule has 0 aromatic carbocycles. The van der Waals surface area contributed by atoms with E-state index in [1.807, 2.05) is 6.26 Å². The second-order valence-corrected chi connectivity index (χ2v) is 6.45. The Morgan fingerprint density at radius 3 is 2.52 bits per heavy atom. The minimum atomic E-state index is -0.987. The third-order valence-corrected chi connectivity index (χ3v) is 4.59. The van der Waals surface area contributed by atoms with Crippen molar-refractivity contribution in [2.24, 2.45) is 0 Å². The molecule has 0 bridgehead atoms. The number of aryl methyl sites for hydroxylation is 1. The summed E-state index contributed by atoms with van der Waals surface area (Å²) in [6, 6.07) is 3.25.